The van der Waals surface area contributed by atoms with E-state index in [1.54, 1.807) is 29.2 Å². The Morgan fingerprint density at radius 2 is 1.68 bits per heavy atom. The lowest BCUT2D eigenvalue weighted by Crippen LogP contribution is -2.28. The van der Waals surface area contributed by atoms with E-state index in [9.17, 15) is 9.59 Å². The van der Waals surface area contributed by atoms with Gasteiger partial charge in [0.1, 0.15) is 12.4 Å². The first kappa shape index (κ1) is 25.3. The smallest absolute Gasteiger partial charge is 0.337 e. The molecule has 4 aromatic rings. The van der Waals surface area contributed by atoms with Gasteiger partial charge in [-0.1, -0.05) is 60.7 Å². The molecule has 1 fully saturated rings. The Morgan fingerprint density at radius 3 is 2.42 bits per heavy atom. The van der Waals surface area contributed by atoms with Gasteiger partial charge in [0.25, 0.3) is 5.91 Å². The third-order valence-corrected chi connectivity index (χ3v) is 7.17. The number of hydrogen-bond donors (Lipinski definition) is 0. The highest BCUT2D eigenvalue weighted by atomic mass is 32.2. The number of carbonyl (C=O) groups excluding carboxylic acids is 2. The number of fused-ring (bicyclic) bond motifs is 1. The number of esters is 1. The molecule has 0 unspecified atom stereocenters. The summed E-state index contributed by atoms with van der Waals surface area (Å²) in [5.41, 5.74) is 3.01. The van der Waals surface area contributed by atoms with Crippen LogP contribution in [0.2, 0.25) is 0 Å². The van der Waals surface area contributed by atoms with Crippen LogP contribution in [0.5, 0.6) is 5.75 Å². The van der Waals surface area contributed by atoms with E-state index in [0.717, 1.165) is 21.9 Å². The van der Waals surface area contributed by atoms with Crippen LogP contribution in [0.1, 0.15) is 28.4 Å². The van der Waals surface area contributed by atoms with E-state index in [1.165, 1.54) is 18.9 Å². The number of aliphatic imine (C=N–C) groups is 1. The van der Waals surface area contributed by atoms with E-state index in [0.29, 0.717) is 40.2 Å². The molecule has 1 aliphatic heterocycles. The number of thioether (sulfide) groups is 1. The number of likely N-dealkylation sites (N-methyl/N-ethyl adjacent to an activating group) is 1. The van der Waals surface area contributed by atoms with Crippen LogP contribution in [-0.4, -0.2) is 35.6 Å². The second kappa shape index (κ2) is 11.4. The Labute approximate surface area is 225 Å². The van der Waals surface area contributed by atoms with Crippen LogP contribution >= 0.6 is 11.8 Å². The molecule has 0 spiro atoms. The number of nitrogens with zero attached hydrogens (tertiary/aromatic N) is 2. The minimum Gasteiger partial charge on any atom is -0.488 e. The van der Waals surface area contributed by atoms with Crippen LogP contribution in [0.4, 0.5) is 5.69 Å². The number of ether oxygens (including phenoxy) is 2. The van der Waals surface area contributed by atoms with Crippen molar-refractivity contribution in [3.8, 4) is 5.75 Å². The average Bonchev–Trinajstić information content (AvgIpc) is 3.26. The third-order valence-electron chi connectivity index (χ3n) is 6.16. The molecule has 5 rings (SSSR count). The monoisotopic (exact) mass is 522 g/mol. The predicted molar refractivity (Wildman–Crippen MR) is 153 cm³/mol. The Balaban J connectivity index is 1.49. The lowest BCUT2D eigenvalue weighted by molar-refractivity contribution is -0.122. The molecule has 0 aromatic heterocycles. The first-order valence-corrected chi connectivity index (χ1v) is 13.1. The number of methoxy groups -OCH3 is 1. The molecular weight excluding hydrogens is 496 g/mol. The molecule has 190 valence electrons. The molecule has 38 heavy (non-hydrogen) atoms. The van der Waals surface area contributed by atoms with Gasteiger partial charge in [0.05, 0.1) is 23.3 Å². The summed E-state index contributed by atoms with van der Waals surface area (Å²) in [5.74, 6) is 0.195. The number of amidine groups is 1. The fraction of sp³-hybridized carbons (Fsp3) is 0.129. The lowest BCUT2D eigenvalue weighted by Gasteiger charge is -2.13. The lowest BCUT2D eigenvalue weighted by atomic mass is 10.0. The van der Waals surface area contributed by atoms with Crippen molar-refractivity contribution in [2.45, 2.75) is 13.5 Å². The van der Waals surface area contributed by atoms with E-state index in [2.05, 4.69) is 0 Å². The minimum absolute atomic E-state index is 0.107. The molecule has 0 radical (unpaired) electrons. The van der Waals surface area contributed by atoms with Gasteiger partial charge in [0.15, 0.2) is 5.17 Å². The van der Waals surface area contributed by atoms with E-state index in [4.69, 9.17) is 14.5 Å². The molecule has 4 aromatic carbocycles. The number of amides is 1. The molecule has 7 heteroatoms. The van der Waals surface area contributed by atoms with E-state index >= 15 is 0 Å². The molecule has 1 saturated heterocycles. The predicted octanol–water partition coefficient (Wildman–Crippen LogP) is 6.83. The molecule has 0 atom stereocenters. The van der Waals surface area contributed by atoms with Gasteiger partial charge in [-0.3, -0.25) is 9.69 Å². The summed E-state index contributed by atoms with van der Waals surface area (Å²) in [6.07, 6.45) is 1.90. The van der Waals surface area contributed by atoms with Crippen molar-refractivity contribution < 1.29 is 19.1 Å². The van der Waals surface area contributed by atoms with E-state index in [-0.39, 0.29) is 5.91 Å². The molecule has 0 N–H and O–H groups in total. The molecule has 1 heterocycles. The molecular formula is C31H26N2O4S. The van der Waals surface area contributed by atoms with Crippen LogP contribution in [0.25, 0.3) is 16.8 Å². The SMILES string of the molecule is CCN1C(=O)/C(=C\c2c(OCc3ccccc3)ccc3ccccc23)SC1=Nc1ccc(C(=O)OC)cc1. The molecule has 0 aliphatic carbocycles. The van der Waals surface area contributed by atoms with Gasteiger partial charge >= 0.3 is 5.97 Å². The molecule has 0 saturated carbocycles. The van der Waals surface area contributed by atoms with Crippen LogP contribution in [-0.2, 0) is 16.1 Å². The van der Waals surface area contributed by atoms with Gasteiger partial charge in [-0.25, -0.2) is 9.79 Å². The zero-order valence-electron chi connectivity index (χ0n) is 21.1. The number of carbonyl (C=O) groups is 2. The summed E-state index contributed by atoms with van der Waals surface area (Å²) in [4.78, 5) is 32.1. The molecule has 6 nitrogen and oxygen atoms in total. The highest BCUT2D eigenvalue weighted by Crippen LogP contribution is 2.38. The quantitative estimate of drug-likeness (QED) is 0.197. The maximum atomic E-state index is 13.4. The van der Waals surface area contributed by atoms with Crippen LogP contribution in [0.15, 0.2) is 101 Å². The summed E-state index contributed by atoms with van der Waals surface area (Å²) in [7, 11) is 1.35. The highest BCUT2D eigenvalue weighted by Gasteiger charge is 2.32. The summed E-state index contributed by atoms with van der Waals surface area (Å²) in [6.45, 7) is 2.82. The van der Waals surface area contributed by atoms with Gasteiger partial charge in [-0.05, 0) is 71.4 Å². The number of benzene rings is 4. The van der Waals surface area contributed by atoms with Crippen LogP contribution in [0, 0.1) is 0 Å². The Kier molecular flexibility index (Phi) is 7.56. The highest BCUT2D eigenvalue weighted by molar-refractivity contribution is 8.18. The van der Waals surface area contributed by atoms with E-state index in [1.807, 2.05) is 79.7 Å². The van der Waals surface area contributed by atoms with Crippen molar-refractivity contribution in [2.24, 2.45) is 4.99 Å². The largest absolute Gasteiger partial charge is 0.488 e. The van der Waals surface area contributed by atoms with Crippen LogP contribution < -0.4 is 4.74 Å². The minimum atomic E-state index is -0.407. The molecule has 1 aliphatic rings. The zero-order valence-corrected chi connectivity index (χ0v) is 21.9. The third kappa shape index (κ3) is 5.33. The van der Waals surface area contributed by atoms with Gasteiger partial charge in [-0.15, -0.1) is 0 Å². The van der Waals surface area contributed by atoms with Crippen molar-refractivity contribution in [3.05, 3.63) is 113 Å². The normalized spacial score (nSPS) is 15.4. The Hall–Kier alpha value is -4.36. The summed E-state index contributed by atoms with van der Waals surface area (Å²) in [6, 6.07) is 28.8. The van der Waals surface area contributed by atoms with Crippen molar-refractivity contribution in [1.82, 2.24) is 4.90 Å². The second-order valence-electron chi connectivity index (χ2n) is 8.57. The van der Waals surface area contributed by atoms with Crippen molar-refractivity contribution in [3.63, 3.8) is 0 Å². The van der Waals surface area contributed by atoms with Crippen LogP contribution in [0.3, 0.4) is 0 Å². The maximum Gasteiger partial charge on any atom is 0.337 e. The Morgan fingerprint density at radius 1 is 0.947 bits per heavy atom. The summed E-state index contributed by atoms with van der Waals surface area (Å²) < 4.78 is 11.0. The number of rotatable bonds is 7. The Bertz CT molecular complexity index is 1550. The van der Waals surface area contributed by atoms with Gasteiger partial charge in [-0.2, -0.15) is 0 Å². The topological polar surface area (TPSA) is 68.2 Å². The fourth-order valence-electron chi connectivity index (χ4n) is 4.19. The van der Waals surface area contributed by atoms with E-state index < -0.39 is 5.97 Å². The van der Waals surface area contributed by atoms with Crippen molar-refractivity contribution in [2.75, 3.05) is 13.7 Å². The standard InChI is InChI=1S/C31H26N2O4S/c1-3-33-29(34)28(38-31(33)32-24-16-13-23(14-17-24)30(35)36-2)19-26-25-12-8-7-11-22(25)15-18-27(26)37-20-21-9-5-4-6-10-21/h4-19H,3,20H2,1-2H3/b28-19+,32-31?. The first-order valence-electron chi connectivity index (χ1n) is 12.2. The summed E-state index contributed by atoms with van der Waals surface area (Å²) in [5, 5.41) is 2.65. The number of hydrogen-bond acceptors (Lipinski definition) is 6. The van der Waals surface area contributed by atoms with Gasteiger partial charge in [0, 0.05) is 12.1 Å². The van der Waals surface area contributed by atoms with Gasteiger partial charge < -0.3 is 9.47 Å². The molecule has 1 amide bonds. The summed E-state index contributed by atoms with van der Waals surface area (Å²) >= 11 is 1.33. The second-order valence-corrected chi connectivity index (χ2v) is 9.57. The van der Waals surface area contributed by atoms with Crippen molar-refractivity contribution in [1.29, 1.82) is 0 Å². The fourth-order valence-corrected chi connectivity index (χ4v) is 5.23. The zero-order chi connectivity index (χ0) is 26.5. The van der Waals surface area contributed by atoms with Crippen molar-refractivity contribution >= 4 is 51.3 Å². The van der Waals surface area contributed by atoms with Gasteiger partial charge in [0.2, 0.25) is 0 Å². The maximum absolute atomic E-state index is 13.4. The molecule has 0 bridgehead atoms. The average molecular weight is 523 g/mol. The first-order chi connectivity index (χ1) is 18.6.